The second kappa shape index (κ2) is 8.01. The molecule has 0 spiro atoms. The number of hydrogen-bond acceptors (Lipinski definition) is 2. The van der Waals surface area contributed by atoms with Crippen LogP contribution in [0.5, 0.6) is 0 Å². The van der Waals surface area contributed by atoms with Crippen molar-refractivity contribution in [2.45, 2.75) is 18.5 Å². The van der Waals surface area contributed by atoms with E-state index in [2.05, 4.69) is 108 Å². The van der Waals surface area contributed by atoms with E-state index in [1.165, 1.54) is 38.6 Å². The van der Waals surface area contributed by atoms with E-state index in [0.29, 0.717) is 0 Å². The average Bonchev–Trinajstić information content (AvgIpc) is 3.09. The first-order valence-electron chi connectivity index (χ1n) is 10.6. The maximum atomic E-state index is 4.31. The van der Waals surface area contributed by atoms with E-state index < -0.39 is 8.41 Å². The summed E-state index contributed by atoms with van der Waals surface area (Å²) in [5, 5.41) is 1.37. The van der Waals surface area contributed by atoms with Gasteiger partial charge in [0.15, 0.2) is 0 Å². The van der Waals surface area contributed by atoms with Crippen LogP contribution in [0.15, 0.2) is 110 Å². The summed E-state index contributed by atoms with van der Waals surface area (Å²) < 4.78 is 0. The summed E-state index contributed by atoms with van der Waals surface area (Å²) in [7, 11) is -1.04. The van der Waals surface area contributed by atoms with Crippen molar-refractivity contribution in [1.82, 2.24) is 9.97 Å². The molecule has 0 N–H and O–H groups in total. The molecule has 0 radical (unpaired) electrons. The van der Waals surface area contributed by atoms with Gasteiger partial charge in [0.2, 0.25) is 0 Å². The molecule has 2 nitrogen and oxygen atoms in total. The highest BCUT2D eigenvalue weighted by atomic mass is 28.2. The summed E-state index contributed by atoms with van der Waals surface area (Å²) in [6.07, 6.45) is 7.66. The van der Waals surface area contributed by atoms with Crippen LogP contribution in [0.2, 0.25) is 6.55 Å². The highest BCUT2D eigenvalue weighted by molar-refractivity contribution is 6.87. The maximum Gasteiger partial charge on any atom is 0.0339 e. The third kappa shape index (κ3) is 3.22. The molecule has 3 heterocycles. The standard InChI is InChI=1S/C28H24N2Si/c1-28(24-15-19-30-20-16-24)26(22-11-7-4-8-12-22)25(21-9-5-3-6-10-21)27(31(28)2)23-13-17-29-18-14-23/h3-20H,1-2H3. The van der Waals surface area contributed by atoms with Gasteiger partial charge in [-0.3, -0.25) is 9.97 Å². The highest BCUT2D eigenvalue weighted by Crippen LogP contribution is 2.49. The number of rotatable bonds is 4. The van der Waals surface area contributed by atoms with Crippen LogP contribution < -0.4 is 0 Å². The van der Waals surface area contributed by atoms with Crippen LogP contribution in [0, 0.1) is 0 Å². The second-order valence-electron chi connectivity index (χ2n) is 8.08. The Labute approximate surface area is 185 Å². The van der Waals surface area contributed by atoms with Gasteiger partial charge in [-0.05, 0) is 62.8 Å². The van der Waals surface area contributed by atoms with Crippen molar-refractivity contribution < 1.29 is 0 Å². The predicted octanol–water partition coefficient (Wildman–Crippen LogP) is 5.83. The highest BCUT2D eigenvalue weighted by Gasteiger charge is 2.44. The molecule has 150 valence electrons. The Bertz CT molecular complexity index is 1260. The molecule has 0 aliphatic carbocycles. The van der Waals surface area contributed by atoms with Gasteiger partial charge in [-0.15, -0.1) is 0 Å². The summed E-state index contributed by atoms with van der Waals surface area (Å²) in [6.45, 7) is 4.88. The molecule has 0 amide bonds. The molecular formula is C28H24N2Si. The molecule has 5 rings (SSSR count). The van der Waals surface area contributed by atoms with Crippen LogP contribution >= 0.6 is 0 Å². The Hall–Kier alpha value is -3.43. The number of hydrogen-bond donors (Lipinski definition) is 0. The van der Waals surface area contributed by atoms with E-state index in [1.807, 2.05) is 24.8 Å². The Morgan fingerprint density at radius 1 is 0.613 bits per heavy atom. The number of pyridine rings is 2. The zero-order valence-corrected chi connectivity index (χ0v) is 18.8. The Morgan fingerprint density at radius 2 is 1.13 bits per heavy atom. The van der Waals surface area contributed by atoms with Gasteiger partial charge < -0.3 is 0 Å². The van der Waals surface area contributed by atoms with Crippen molar-refractivity contribution >= 4 is 24.7 Å². The van der Waals surface area contributed by atoms with Crippen molar-refractivity contribution in [3.05, 3.63) is 132 Å². The molecule has 1 unspecified atom stereocenters. The van der Waals surface area contributed by atoms with Crippen LogP contribution in [0.1, 0.15) is 29.2 Å². The summed E-state index contributed by atoms with van der Waals surface area (Å²) in [5.74, 6) is 0. The van der Waals surface area contributed by atoms with E-state index >= 15 is 0 Å². The van der Waals surface area contributed by atoms with Crippen LogP contribution in [-0.2, 0) is 5.04 Å². The van der Waals surface area contributed by atoms with Crippen molar-refractivity contribution in [2.24, 2.45) is 0 Å². The molecule has 1 atom stereocenters. The van der Waals surface area contributed by atoms with Gasteiger partial charge in [0.05, 0.1) is 0 Å². The van der Waals surface area contributed by atoms with E-state index in [9.17, 15) is 0 Å². The molecular weight excluding hydrogens is 392 g/mol. The van der Waals surface area contributed by atoms with Crippen molar-refractivity contribution in [3.63, 3.8) is 0 Å². The monoisotopic (exact) mass is 416 g/mol. The zero-order chi connectivity index (χ0) is 21.3. The molecule has 1 aliphatic heterocycles. The molecule has 2 aromatic carbocycles. The number of nitrogens with zero attached hydrogens (tertiary/aromatic N) is 2. The van der Waals surface area contributed by atoms with E-state index in [1.54, 1.807) is 0 Å². The third-order valence-corrected chi connectivity index (χ3v) is 9.80. The minimum atomic E-state index is -1.04. The Balaban J connectivity index is 1.92. The van der Waals surface area contributed by atoms with Gasteiger partial charge in [-0.2, -0.15) is 0 Å². The first-order chi connectivity index (χ1) is 15.2. The first-order valence-corrected chi connectivity index (χ1v) is 12.6. The average molecular weight is 417 g/mol. The number of allylic oxidation sites excluding steroid dienone is 2. The summed E-state index contributed by atoms with van der Waals surface area (Å²) in [5.41, 5.74) is 7.94. The molecule has 2 aromatic heterocycles. The number of benzene rings is 2. The van der Waals surface area contributed by atoms with Gasteiger partial charge in [0, 0.05) is 38.2 Å². The molecule has 0 saturated carbocycles. The topological polar surface area (TPSA) is 25.8 Å². The third-order valence-electron chi connectivity index (χ3n) is 6.48. The summed E-state index contributed by atoms with van der Waals surface area (Å²) in [6, 6.07) is 30.4. The maximum absolute atomic E-state index is 4.31. The molecule has 4 aromatic rings. The quantitative estimate of drug-likeness (QED) is 0.392. The van der Waals surface area contributed by atoms with E-state index in [-0.39, 0.29) is 5.04 Å². The Kier molecular flexibility index (Phi) is 5.04. The van der Waals surface area contributed by atoms with Crippen molar-refractivity contribution in [3.8, 4) is 0 Å². The fourth-order valence-corrected chi connectivity index (χ4v) is 7.84. The number of aromatic nitrogens is 2. The molecule has 3 heteroatoms. The van der Waals surface area contributed by atoms with Gasteiger partial charge >= 0.3 is 0 Å². The normalized spacial score (nSPS) is 18.5. The zero-order valence-electron chi connectivity index (χ0n) is 17.8. The van der Waals surface area contributed by atoms with Crippen LogP contribution in [0.4, 0.5) is 0 Å². The van der Waals surface area contributed by atoms with Crippen molar-refractivity contribution in [1.29, 1.82) is 0 Å². The molecule has 0 saturated heterocycles. The van der Waals surface area contributed by atoms with Crippen LogP contribution in [-0.4, -0.2) is 23.5 Å². The van der Waals surface area contributed by atoms with Gasteiger partial charge in [-0.1, -0.05) is 74.1 Å². The second-order valence-corrected chi connectivity index (χ2v) is 10.8. The smallest absolute Gasteiger partial charge is 0.0339 e. The van der Waals surface area contributed by atoms with Gasteiger partial charge in [-0.25, -0.2) is 0 Å². The minimum Gasteiger partial charge on any atom is -0.265 e. The first kappa shape index (κ1) is 19.5. The predicted molar refractivity (Wildman–Crippen MR) is 131 cm³/mol. The van der Waals surface area contributed by atoms with E-state index in [0.717, 1.165) is 0 Å². The fraction of sp³-hybridized carbons (Fsp3) is 0.107. The summed E-state index contributed by atoms with van der Waals surface area (Å²) >= 11 is 0. The van der Waals surface area contributed by atoms with Crippen molar-refractivity contribution in [2.75, 3.05) is 0 Å². The molecule has 1 aliphatic rings. The minimum absolute atomic E-state index is 0.0985. The fourth-order valence-electron chi connectivity index (χ4n) is 4.86. The van der Waals surface area contributed by atoms with E-state index in [4.69, 9.17) is 0 Å². The molecule has 0 fully saturated rings. The SMILES string of the molecule is C[Si]1=C(c2ccncc2)C(c2ccccc2)=C(c2ccccc2)C1(C)c1ccncc1. The lowest BCUT2D eigenvalue weighted by Gasteiger charge is -2.31. The molecule has 31 heavy (non-hydrogen) atoms. The van der Waals surface area contributed by atoms with Gasteiger partial charge in [0.1, 0.15) is 0 Å². The lowest BCUT2D eigenvalue weighted by Crippen LogP contribution is -2.34. The lowest BCUT2D eigenvalue weighted by atomic mass is 9.81. The van der Waals surface area contributed by atoms with Crippen LogP contribution in [0.3, 0.4) is 0 Å². The lowest BCUT2D eigenvalue weighted by molar-refractivity contribution is 0.869. The van der Waals surface area contributed by atoms with Crippen LogP contribution in [0.25, 0.3) is 11.1 Å². The van der Waals surface area contributed by atoms with Gasteiger partial charge in [0.25, 0.3) is 0 Å². The largest absolute Gasteiger partial charge is 0.265 e. The summed E-state index contributed by atoms with van der Waals surface area (Å²) in [4.78, 5) is 8.59. The Morgan fingerprint density at radius 3 is 1.71 bits per heavy atom. The molecule has 0 bridgehead atoms.